The molecule has 0 saturated heterocycles. The number of esters is 1. The van der Waals surface area contributed by atoms with Crippen LogP contribution in [0.1, 0.15) is 44.5 Å². The molecule has 0 fully saturated rings. The molecule has 230 valence electrons. The zero-order chi connectivity index (χ0) is 31.0. The molecule has 0 amide bonds. The molecule has 9 heteroatoms. The SMILES string of the molecule is CCN(CC)c1ccc2c(-c3ccccc3C(=O)OCCC[Si](OC)(OC)OC)c3ccc(=[N+](CC)CC)cc-3oc2c1. The van der Waals surface area contributed by atoms with Crippen LogP contribution in [0.25, 0.3) is 33.4 Å². The lowest BCUT2D eigenvalue weighted by atomic mass is 9.90. The summed E-state index contributed by atoms with van der Waals surface area (Å²) >= 11 is 0. The Morgan fingerprint density at radius 2 is 1.56 bits per heavy atom. The van der Waals surface area contributed by atoms with Crippen molar-refractivity contribution < 1.29 is 27.2 Å². The van der Waals surface area contributed by atoms with Gasteiger partial charge >= 0.3 is 14.8 Å². The van der Waals surface area contributed by atoms with Crippen LogP contribution in [-0.4, -0.2) is 68.9 Å². The van der Waals surface area contributed by atoms with E-state index in [1.807, 2.05) is 24.3 Å². The van der Waals surface area contributed by atoms with Gasteiger partial charge in [-0.15, -0.1) is 0 Å². The van der Waals surface area contributed by atoms with Crippen LogP contribution in [0, 0.1) is 0 Å². The van der Waals surface area contributed by atoms with Crippen LogP contribution in [0.4, 0.5) is 5.69 Å². The van der Waals surface area contributed by atoms with Gasteiger partial charge in [-0.3, -0.25) is 0 Å². The number of rotatable bonds is 14. The summed E-state index contributed by atoms with van der Waals surface area (Å²) < 4.78 is 31.2. The lowest BCUT2D eigenvalue weighted by Gasteiger charge is -2.24. The van der Waals surface area contributed by atoms with Crippen molar-refractivity contribution in [3.8, 4) is 22.5 Å². The minimum atomic E-state index is -2.74. The lowest BCUT2D eigenvalue weighted by Crippen LogP contribution is -2.42. The van der Waals surface area contributed by atoms with Crippen molar-refractivity contribution in [1.82, 2.24) is 4.58 Å². The average molecular weight is 606 g/mol. The van der Waals surface area contributed by atoms with E-state index in [1.54, 1.807) is 21.3 Å². The predicted octanol–water partition coefficient (Wildman–Crippen LogP) is 6.29. The summed E-state index contributed by atoms with van der Waals surface area (Å²) in [6.45, 7) is 12.4. The van der Waals surface area contributed by atoms with Crippen molar-refractivity contribution in [2.45, 2.75) is 40.2 Å². The van der Waals surface area contributed by atoms with Gasteiger partial charge in [-0.2, -0.15) is 0 Å². The molecule has 0 spiro atoms. The first-order valence-electron chi connectivity index (χ1n) is 15.1. The summed E-state index contributed by atoms with van der Waals surface area (Å²) in [6, 6.07) is 20.9. The number of benzene rings is 3. The third-order valence-corrected chi connectivity index (χ3v) is 11.0. The molecular formula is C34H45N2O6Si+. The highest BCUT2D eigenvalue weighted by Gasteiger charge is 2.37. The van der Waals surface area contributed by atoms with Crippen LogP contribution in [-0.2, 0) is 18.0 Å². The molecule has 0 atom stereocenters. The zero-order valence-electron chi connectivity index (χ0n) is 26.6. The van der Waals surface area contributed by atoms with Crippen molar-refractivity contribution in [3.63, 3.8) is 0 Å². The van der Waals surface area contributed by atoms with Crippen LogP contribution in [0.15, 0.2) is 65.1 Å². The molecule has 1 heterocycles. The number of carbonyl (C=O) groups excluding carboxylic acids is 1. The van der Waals surface area contributed by atoms with E-state index >= 15 is 0 Å². The number of anilines is 1. The normalized spacial score (nSPS) is 11.7. The minimum absolute atomic E-state index is 0.226. The number of hydrogen-bond acceptors (Lipinski definition) is 7. The van der Waals surface area contributed by atoms with Gasteiger partial charge in [0.15, 0.2) is 0 Å². The maximum absolute atomic E-state index is 13.5. The molecule has 0 bridgehead atoms. The molecule has 0 aromatic heterocycles. The van der Waals surface area contributed by atoms with Gasteiger partial charge in [0.05, 0.1) is 18.2 Å². The number of nitrogens with zero attached hydrogens (tertiary/aromatic N) is 2. The molecule has 0 saturated carbocycles. The number of ether oxygens (including phenoxy) is 1. The Hall–Kier alpha value is -3.50. The summed E-state index contributed by atoms with van der Waals surface area (Å²) in [5.41, 5.74) is 5.07. The monoisotopic (exact) mass is 605 g/mol. The second kappa shape index (κ2) is 14.8. The summed E-state index contributed by atoms with van der Waals surface area (Å²) in [5.74, 6) is 0.392. The molecule has 2 aromatic rings. The molecular weight excluding hydrogens is 560 g/mol. The highest BCUT2D eigenvalue weighted by molar-refractivity contribution is 6.60. The van der Waals surface area contributed by atoms with Gasteiger partial charge in [0.25, 0.3) is 0 Å². The van der Waals surface area contributed by atoms with Crippen LogP contribution >= 0.6 is 0 Å². The van der Waals surface area contributed by atoms with Gasteiger partial charge in [-0.1, -0.05) is 18.2 Å². The number of fused-ring (bicyclic) bond motifs is 2. The highest BCUT2D eigenvalue weighted by atomic mass is 28.4. The van der Waals surface area contributed by atoms with Gasteiger partial charge in [0, 0.05) is 74.8 Å². The van der Waals surface area contributed by atoms with E-state index < -0.39 is 8.80 Å². The molecule has 8 nitrogen and oxygen atoms in total. The molecule has 4 rings (SSSR count). The molecule has 0 N–H and O–H groups in total. The van der Waals surface area contributed by atoms with Crippen molar-refractivity contribution in [3.05, 3.63) is 71.6 Å². The zero-order valence-corrected chi connectivity index (χ0v) is 27.6. The maximum atomic E-state index is 13.5. The summed E-state index contributed by atoms with van der Waals surface area (Å²) in [6.07, 6.45) is 0.563. The van der Waals surface area contributed by atoms with E-state index in [0.717, 1.165) is 70.6 Å². The first-order chi connectivity index (χ1) is 20.9. The van der Waals surface area contributed by atoms with Gasteiger partial charge < -0.3 is 27.3 Å². The molecule has 2 aliphatic rings. The molecule has 43 heavy (non-hydrogen) atoms. The van der Waals surface area contributed by atoms with E-state index in [4.69, 9.17) is 22.4 Å². The summed E-state index contributed by atoms with van der Waals surface area (Å²) in [5, 5.41) is 2.04. The van der Waals surface area contributed by atoms with Crippen LogP contribution < -0.4 is 14.8 Å². The molecule has 1 aliphatic carbocycles. The largest absolute Gasteiger partial charge is 0.500 e. The van der Waals surface area contributed by atoms with Crippen molar-refractivity contribution in [1.29, 1.82) is 0 Å². The Morgan fingerprint density at radius 3 is 2.21 bits per heavy atom. The standard InChI is InChI=1S/C34H45N2O6Si/c1-8-35(9-2)25-17-19-29-31(23-25)42-32-24-26(36(10-3)11-4)18-20-30(32)33(29)27-15-12-13-16-28(27)34(37)41-21-14-22-43(38-5,39-6)40-7/h12-13,15-20,23-24H,8-11,14,21-22H2,1-7H3/q+1. The van der Waals surface area contributed by atoms with Crippen molar-refractivity contribution in [2.24, 2.45) is 0 Å². The third kappa shape index (κ3) is 6.85. The molecule has 0 unspecified atom stereocenters. The fourth-order valence-electron chi connectivity index (χ4n) is 5.70. The predicted molar refractivity (Wildman–Crippen MR) is 175 cm³/mol. The first kappa shape index (κ1) is 32.4. The third-order valence-electron chi connectivity index (χ3n) is 8.16. The van der Waals surface area contributed by atoms with E-state index in [-0.39, 0.29) is 12.6 Å². The summed E-state index contributed by atoms with van der Waals surface area (Å²) in [4.78, 5) is 15.8. The number of hydrogen-bond donors (Lipinski definition) is 0. The average Bonchev–Trinajstić information content (AvgIpc) is 3.05. The fourth-order valence-corrected chi connectivity index (χ4v) is 7.38. The first-order valence-corrected chi connectivity index (χ1v) is 17.1. The second-order valence-electron chi connectivity index (χ2n) is 10.3. The second-order valence-corrected chi connectivity index (χ2v) is 13.4. The highest BCUT2D eigenvalue weighted by Crippen LogP contribution is 2.42. The Bertz CT molecular complexity index is 1560. The van der Waals surface area contributed by atoms with E-state index in [1.165, 1.54) is 0 Å². The van der Waals surface area contributed by atoms with Crippen LogP contribution in [0.5, 0.6) is 0 Å². The van der Waals surface area contributed by atoms with Gasteiger partial charge in [-0.25, -0.2) is 9.37 Å². The van der Waals surface area contributed by atoms with Gasteiger partial charge in [-0.05, 0) is 63.9 Å². The molecule has 0 radical (unpaired) electrons. The minimum Gasteiger partial charge on any atom is -0.462 e. The smallest absolute Gasteiger partial charge is 0.462 e. The molecule has 2 aromatic carbocycles. The summed E-state index contributed by atoms with van der Waals surface area (Å²) in [7, 11) is 2.01. The van der Waals surface area contributed by atoms with Crippen LogP contribution in [0.3, 0.4) is 0 Å². The van der Waals surface area contributed by atoms with E-state index in [2.05, 4.69) is 73.6 Å². The Labute approximate surface area is 256 Å². The lowest BCUT2D eigenvalue weighted by molar-refractivity contribution is 0.0494. The Kier molecular flexibility index (Phi) is 11.1. The van der Waals surface area contributed by atoms with Crippen LogP contribution in [0.2, 0.25) is 6.04 Å². The van der Waals surface area contributed by atoms with Gasteiger partial charge in [0.2, 0.25) is 5.36 Å². The Morgan fingerprint density at radius 1 is 0.860 bits per heavy atom. The molecule has 1 aliphatic heterocycles. The van der Waals surface area contributed by atoms with Gasteiger partial charge in [0.1, 0.15) is 24.4 Å². The van der Waals surface area contributed by atoms with Crippen molar-refractivity contribution >= 4 is 31.4 Å². The maximum Gasteiger partial charge on any atom is 0.500 e. The Balaban J connectivity index is 1.83. The quantitative estimate of drug-likeness (QED) is 0.0550. The van der Waals surface area contributed by atoms with E-state index in [9.17, 15) is 4.79 Å². The topological polar surface area (TPSA) is 73.4 Å². The van der Waals surface area contributed by atoms with Crippen molar-refractivity contribution in [2.75, 3.05) is 59.0 Å². The number of carbonyl (C=O) groups is 1. The van der Waals surface area contributed by atoms with E-state index in [0.29, 0.717) is 18.0 Å². The fraction of sp³-hybridized carbons (Fsp3) is 0.412.